The van der Waals surface area contributed by atoms with Gasteiger partial charge >= 0.3 is 0 Å². The average molecular weight is 510 g/mol. The largest absolute Gasteiger partial charge is 0.506 e. The number of aliphatic hydroxyl groups is 4. The van der Waals surface area contributed by atoms with Crippen molar-refractivity contribution in [2.45, 2.75) is 30.7 Å². The number of phenolic OH excluding ortho intramolecular Hbond substituents is 4. The van der Waals surface area contributed by atoms with Gasteiger partial charge in [-0.15, -0.1) is 0 Å². The topological polar surface area (TPSA) is 208 Å². The van der Waals surface area contributed by atoms with E-state index in [1.807, 2.05) is 0 Å². The fraction of sp³-hybridized carbons (Fsp3) is 0.391. The number of hydrogen-bond donors (Lipinski definition) is 8. The van der Waals surface area contributed by atoms with Crippen molar-refractivity contribution in [3.8, 4) is 46.0 Å². The zero-order valence-corrected chi connectivity index (χ0v) is 19.4. The molecule has 8 N–H and O–H groups in total. The first-order valence-corrected chi connectivity index (χ1v) is 10.6. The molecule has 196 valence electrons. The first kappa shape index (κ1) is 25.5. The lowest BCUT2D eigenvalue weighted by Gasteiger charge is -2.39. The molecule has 36 heavy (non-hydrogen) atoms. The number of phenols is 4. The van der Waals surface area contributed by atoms with Crippen molar-refractivity contribution >= 4 is 21.5 Å². The molecule has 1 heterocycles. The van der Waals surface area contributed by atoms with Crippen LogP contribution in [-0.2, 0) is 4.74 Å². The highest BCUT2D eigenvalue weighted by Crippen LogP contribution is 2.56. The Morgan fingerprint density at radius 2 is 1.19 bits per heavy atom. The molecule has 0 aromatic heterocycles. The quantitative estimate of drug-likeness (QED) is 0.163. The van der Waals surface area contributed by atoms with Gasteiger partial charge in [0.25, 0.3) is 0 Å². The third-order valence-electron chi connectivity index (χ3n) is 6.14. The molecule has 0 spiro atoms. The molecule has 13 heteroatoms. The van der Waals surface area contributed by atoms with E-state index in [1.54, 1.807) is 0 Å². The minimum Gasteiger partial charge on any atom is -0.506 e. The van der Waals surface area contributed by atoms with Gasteiger partial charge in [-0.2, -0.15) is 0 Å². The Hall–Kier alpha value is -3.62. The van der Waals surface area contributed by atoms with Crippen LogP contribution in [0.5, 0.6) is 46.0 Å². The van der Waals surface area contributed by atoms with E-state index in [-0.39, 0.29) is 44.5 Å². The predicted molar refractivity (Wildman–Crippen MR) is 122 cm³/mol. The summed E-state index contributed by atoms with van der Waals surface area (Å²) in [6.45, 7) is -0.698. The number of aromatic hydroxyl groups is 4. The molecule has 0 saturated carbocycles. The first-order chi connectivity index (χ1) is 17.1. The SMILES string of the molecule is COc1cc2c(O)c3c(O)c(OC)c(O[C@H]4O[C@H](CO)[C@@H](O)[C@H](O)[C@H]4O)cc3c(O)c2c(O)c1OC. The van der Waals surface area contributed by atoms with Crippen molar-refractivity contribution < 1.29 is 64.5 Å². The third-order valence-corrected chi connectivity index (χ3v) is 6.14. The van der Waals surface area contributed by atoms with Crippen LogP contribution in [0.2, 0.25) is 0 Å². The number of methoxy groups -OCH3 is 3. The van der Waals surface area contributed by atoms with Gasteiger partial charge in [-0.25, -0.2) is 0 Å². The minimum atomic E-state index is -1.77. The minimum absolute atomic E-state index is 0.0468. The molecule has 0 aliphatic carbocycles. The average Bonchev–Trinajstić information content (AvgIpc) is 2.86. The maximum Gasteiger partial charge on any atom is 0.229 e. The zero-order chi connectivity index (χ0) is 26.5. The number of rotatable bonds is 6. The summed E-state index contributed by atoms with van der Waals surface area (Å²) >= 11 is 0. The van der Waals surface area contributed by atoms with Crippen LogP contribution in [0.3, 0.4) is 0 Å². The second-order valence-corrected chi connectivity index (χ2v) is 8.07. The molecular weight excluding hydrogens is 484 g/mol. The highest BCUT2D eigenvalue weighted by atomic mass is 16.7. The molecule has 13 nitrogen and oxygen atoms in total. The van der Waals surface area contributed by atoms with Crippen LogP contribution in [0.25, 0.3) is 21.5 Å². The van der Waals surface area contributed by atoms with Crippen LogP contribution in [-0.4, -0.2) is 99.5 Å². The number of hydrogen-bond acceptors (Lipinski definition) is 13. The van der Waals surface area contributed by atoms with Gasteiger partial charge in [0.1, 0.15) is 35.9 Å². The van der Waals surface area contributed by atoms with Crippen molar-refractivity contribution in [2.75, 3.05) is 27.9 Å². The Labute approximate surface area is 203 Å². The second-order valence-electron chi connectivity index (χ2n) is 8.07. The highest BCUT2D eigenvalue weighted by molar-refractivity contribution is 6.16. The van der Waals surface area contributed by atoms with Crippen molar-refractivity contribution in [2.24, 2.45) is 0 Å². The summed E-state index contributed by atoms with van der Waals surface area (Å²) in [4.78, 5) is 0. The second kappa shape index (κ2) is 9.44. The standard InChI is InChI=1S/C23H26O13/c1-32-9-4-7-12(17(28)21(9)33-2)15(26)8-5-10(22(34-3)18(29)13(8)14(7)25)35-23-20(31)19(30)16(27)11(6-24)36-23/h4-5,11,16,19-20,23-31H,6H2,1-3H3/t11-,16-,19+,20-,23+/m1/s1. The predicted octanol–water partition coefficient (Wildman–Crippen LogP) is 0.0199. The molecule has 1 fully saturated rings. The Balaban J connectivity index is 1.95. The van der Waals surface area contributed by atoms with Crippen LogP contribution in [0.15, 0.2) is 12.1 Å². The van der Waals surface area contributed by atoms with Crippen LogP contribution >= 0.6 is 0 Å². The lowest BCUT2D eigenvalue weighted by molar-refractivity contribution is -0.277. The molecular formula is C23H26O13. The lowest BCUT2D eigenvalue weighted by Crippen LogP contribution is -2.60. The molecule has 0 unspecified atom stereocenters. The number of benzene rings is 3. The molecule has 1 saturated heterocycles. The van der Waals surface area contributed by atoms with E-state index < -0.39 is 60.3 Å². The van der Waals surface area contributed by atoms with Gasteiger partial charge in [0, 0.05) is 10.8 Å². The highest BCUT2D eigenvalue weighted by Gasteiger charge is 2.45. The maximum absolute atomic E-state index is 11.1. The number of fused-ring (bicyclic) bond motifs is 2. The van der Waals surface area contributed by atoms with Crippen molar-refractivity contribution in [3.63, 3.8) is 0 Å². The van der Waals surface area contributed by atoms with E-state index in [9.17, 15) is 40.9 Å². The Bertz CT molecular complexity index is 1310. The Kier molecular flexibility index (Phi) is 6.68. The Morgan fingerprint density at radius 1 is 0.694 bits per heavy atom. The van der Waals surface area contributed by atoms with Gasteiger partial charge in [0.15, 0.2) is 23.0 Å². The normalized spacial score (nSPS) is 24.1. The summed E-state index contributed by atoms with van der Waals surface area (Å²) in [6.07, 6.45) is -8.04. The summed E-state index contributed by atoms with van der Waals surface area (Å²) in [6, 6.07) is 2.44. The first-order valence-electron chi connectivity index (χ1n) is 10.6. The van der Waals surface area contributed by atoms with E-state index in [0.717, 1.165) is 6.07 Å². The molecule has 0 bridgehead atoms. The molecule has 0 amide bonds. The number of aliphatic hydroxyl groups excluding tert-OH is 4. The van der Waals surface area contributed by atoms with Gasteiger partial charge in [-0.3, -0.25) is 0 Å². The fourth-order valence-electron chi connectivity index (χ4n) is 4.30. The summed E-state index contributed by atoms with van der Waals surface area (Å²) < 4.78 is 26.5. The lowest BCUT2D eigenvalue weighted by atomic mass is 9.97. The summed E-state index contributed by atoms with van der Waals surface area (Å²) in [5, 5.41) is 82.8. The maximum atomic E-state index is 11.1. The van der Waals surface area contributed by atoms with Crippen molar-refractivity contribution in [1.82, 2.24) is 0 Å². The van der Waals surface area contributed by atoms with Crippen LogP contribution in [0, 0.1) is 0 Å². The summed E-state index contributed by atoms with van der Waals surface area (Å²) in [5.74, 6) is -3.04. The molecule has 0 radical (unpaired) electrons. The molecule has 3 aromatic carbocycles. The van der Waals surface area contributed by atoms with Crippen LogP contribution < -0.4 is 18.9 Å². The van der Waals surface area contributed by atoms with Gasteiger partial charge in [-0.1, -0.05) is 0 Å². The molecule has 1 aliphatic rings. The van der Waals surface area contributed by atoms with E-state index in [0.29, 0.717) is 0 Å². The van der Waals surface area contributed by atoms with E-state index in [4.69, 9.17) is 23.7 Å². The summed E-state index contributed by atoms with van der Waals surface area (Å²) in [7, 11) is 3.76. The molecule has 1 aliphatic heterocycles. The number of ether oxygens (including phenoxy) is 5. The smallest absolute Gasteiger partial charge is 0.229 e. The monoisotopic (exact) mass is 510 g/mol. The van der Waals surface area contributed by atoms with Gasteiger partial charge in [-0.05, 0) is 12.1 Å². The summed E-state index contributed by atoms with van der Waals surface area (Å²) in [5.41, 5.74) is 0. The van der Waals surface area contributed by atoms with Gasteiger partial charge in [0.2, 0.25) is 17.8 Å². The molecule has 3 aromatic rings. The molecule has 5 atom stereocenters. The Morgan fingerprint density at radius 3 is 1.67 bits per heavy atom. The van der Waals surface area contributed by atoms with Crippen LogP contribution in [0.4, 0.5) is 0 Å². The van der Waals surface area contributed by atoms with Crippen molar-refractivity contribution in [3.05, 3.63) is 12.1 Å². The fourth-order valence-corrected chi connectivity index (χ4v) is 4.30. The third kappa shape index (κ3) is 3.68. The van der Waals surface area contributed by atoms with Crippen LogP contribution in [0.1, 0.15) is 0 Å². The van der Waals surface area contributed by atoms with Gasteiger partial charge < -0.3 is 64.5 Å². The van der Waals surface area contributed by atoms with E-state index in [1.165, 1.54) is 27.4 Å². The van der Waals surface area contributed by atoms with E-state index >= 15 is 0 Å². The molecule has 4 rings (SSSR count). The zero-order valence-electron chi connectivity index (χ0n) is 19.4. The van der Waals surface area contributed by atoms with E-state index in [2.05, 4.69) is 0 Å². The van der Waals surface area contributed by atoms with Gasteiger partial charge in [0.05, 0.1) is 38.7 Å². The van der Waals surface area contributed by atoms with Crippen molar-refractivity contribution in [1.29, 1.82) is 0 Å².